The van der Waals surface area contributed by atoms with E-state index in [0.29, 0.717) is 12.4 Å². The van der Waals surface area contributed by atoms with Crippen LogP contribution in [0, 0.1) is 0 Å². The summed E-state index contributed by atoms with van der Waals surface area (Å²) in [5, 5.41) is 8.23. The van der Waals surface area contributed by atoms with Crippen LogP contribution in [0.3, 0.4) is 0 Å². The molecule has 1 N–H and O–H groups in total. The van der Waals surface area contributed by atoms with Crippen LogP contribution in [-0.4, -0.2) is 11.7 Å². The molecule has 0 aliphatic carbocycles. The molecule has 0 aromatic carbocycles. The Morgan fingerprint density at radius 3 is 3.00 bits per heavy atom. The lowest BCUT2D eigenvalue weighted by atomic mass is 10.5. The number of rotatable bonds is 0. The minimum atomic E-state index is 0.542. The van der Waals surface area contributed by atoms with Gasteiger partial charge in [-0.1, -0.05) is 0 Å². The first-order valence-electron chi connectivity index (χ1n) is 2.07. The van der Waals surface area contributed by atoms with E-state index in [9.17, 15) is 0 Å². The van der Waals surface area contributed by atoms with Gasteiger partial charge in [0.2, 0.25) is 0 Å². The molecule has 0 radical (unpaired) electrons. The van der Waals surface area contributed by atoms with E-state index >= 15 is 0 Å². The number of hydrogen-bond donors (Lipinski definition) is 1. The normalized spacial score (nSPS) is 23.1. The fraction of sp³-hybridized carbons (Fsp3) is 0.200. The van der Waals surface area contributed by atoms with Gasteiger partial charge >= 0.3 is 0 Å². The van der Waals surface area contributed by atoms with E-state index in [0.717, 1.165) is 6.26 Å². The van der Waals surface area contributed by atoms with Crippen molar-refractivity contribution in [3.8, 4) is 0 Å². The Morgan fingerprint density at radius 1 is 1.86 bits per heavy atom. The predicted octanol–water partition coefficient (Wildman–Crippen LogP) is 0.972. The van der Waals surface area contributed by atoms with Crippen LogP contribution in [0.25, 0.3) is 0 Å². The third kappa shape index (κ3) is 0.738. The number of allylic oxidation sites excluding steroid dienone is 1. The van der Waals surface area contributed by atoms with Gasteiger partial charge in [-0.2, -0.15) is 0 Å². The highest BCUT2D eigenvalue weighted by Gasteiger charge is 1.95. The first kappa shape index (κ1) is 4.24. The maximum Gasteiger partial charge on any atom is 0.153 e. The molecule has 2 nitrogen and oxygen atoms in total. The average Bonchev–Trinajstić information content (AvgIpc) is 2.14. The molecule has 1 rings (SSSR count). The van der Waals surface area contributed by atoms with Crippen molar-refractivity contribution in [2.75, 3.05) is 6.61 Å². The molecule has 0 fully saturated rings. The van der Waals surface area contributed by atoms with Gasteiger partial charge in [0.1, 0.15) is 12.9 Å². The van der Waals surface area contributed by atoms with Crippen molar-refractivity contribution < 1.29 is 9.84 Å². The third-order valence-corrected chi connectivity index (χ3v) is 0.756. The van der Waals surface area contributed by atoms with Gasteiger partial charge in [-0.05, 0) is 12.2 Å². The zero-order valence-corrected chi connectivity index (χ0v) is 3.79. The van der Waals surface area contributed by atoms with Crippen molar-refractivity contribution in [1.82, 2.24) is 0 Å². The molecule has 2 heteroatoms. The number of aliphatic hydroxyl groups is 1. The van der Waals surface area contributed by atoms with Crippen molar-refractivity contribution in [3.63, 3.8) is 0 Å². The van der Waals surface area contributed by atoms with E-state index in [2.05, 4.69) is 0 Å². The van der Waals surface area contributed by atoms with Crippen LogP contribution in [0.2, 0.25) is 0 Å². The molecular formula is C5H6O2. The molecule has 0 aromatic rings. The molecule has 1 aliphatic rings. The topological polar surface area (TPSA) is 29.5 Å². The van der Waals surface area contributed by atoms with Gasteiger partial charge in [-0.25, -0.2) is 0 Å². The molecule has 0 amide bonds. The van der Waals surface area contributed by atoms with Crippen molar-refractivity contribution >= 4 is 0 Å². The standard InChI is InChI=1S/C5H6O2/c6-4-5-2-1-3-7-5/h1-2,4,6H,3H2/b5-4-. The lowest BCUT2D eigenvalue weighted by molar-refractivity contribution is 0.262. The van der Waals surface area contributed by atoms with Crippen molar-refractivity contribution in [1.29, 1.82) is 0 Å². The molecule has 0 bridgehead atoms. The second-order valence-electron chi connectivity index (χ2n) is 1.24. The summed E-state index contributed by atoms with van der Waals surface area (Å²) >= 11 is 0. The van der Waals surface area contributed by atoms with Crippen LogP contribution in [0.5, 0.6) is 0 Å². The number of ether oxygens (including phenoxy) is 1. The first-order chi connectivity index (χ1) is 3.43. The smallest absolute Gasteiger partial charge is 0.153 e. The van der Waals surface area contributed by atoms with Gasteiger partial charge in [0.05, 0.1) is 0 Å². The van der Waals surface area contributed by atoms with E-state index in [1.165, 1.54) is 0 Å². The maximum absolute atomic E-state index is 8.23. The lowest BCUT2D eigenvalue weighted by Crippen LogP contribution is -1.77. The highest BCUT2D eigenvalue weighted by molar-refractivity contribution is 5.13. The number of aliphatic hydroxyl groups excluding tert-OH is 1. The molecule has 0 saturated heterocycles. The summed E-state index contributed by atoms with van der Waals surface area (Å²) in [6.07, 6.45) is 4.51. The minimum Gasteiger partial charge on any atom is -0.512 e. The highest BCUT2D eigenvalue weighted by atomic mass is 16.5. The summed E-state index contributed by atoms with van der Waals surface area (Å²) in [7, 11) is 0. The molecule has 0 aromatic heterocycles. The van der Waals surface area contributed by atoms with E-state index in [-0.39, 0.29) is 0 Å². The largest absolute Gasteiger partial charge is 0.512 e. The third-order valence-electron chi connectivity index (χ3n) is 0.756. The van der Waals surface area contributed by atoms with Gasteiger partial charge in [-0.15, -0.1) is 0 Å². The fourth-order valence-corrected chi connectivity index (χ4v) is 0.437. The van der Waals surface area contributed by atoms with Crippen LogP contribution < -0.4 is 0 Å². The van der Waals surface area contributed by atoms with E-state index in [4.69, 9.17) is 9.84 Å². The van der Waals surface area contributed by atoms with Crippen molar-refractivity contribution in [2.45, 2.75) is 0 Å². The molecule has 38 valence electrons. The molecular weight excluding hydrogens is 92.1 g/mol. The molecule has 0 atom stereocenters. The Labute approximate surface area is 41.7 Å². The molecule has 7 heavy (non-hydrogen) atoms. The molecule has 0 unspecified atom stereocenters. The van der Waals surface area contributed by atoms with E-state index < -0.39 is 0 Å². The predicted molar refractivity (Wildman–Crippen MR) is 25.8 cm³/mol. The zero-order chi connectivity index (χ0) is 5.11. The summed E-state index contributed by atoms with van der Waals surface area (Å²) in [4.78, 5) is 0. The summed E-state index contributed by atoms with van der Waals surface area (Å²) in [6, 6.07) is 0. The first-order valence-corrected chi connectivity index (χ1v) is 2.07. The van der Waals surface area contributed by atoms with Crippen LogP contribution in [0.15, 0.2) is 24.2 Å². The monoisotopic (exact) mass is 98.0 g/mol. The highest BCUT2D eigenvalue weighted by Crippen LogP contribution is 2.04. The SMILES string of the molecule is O/C=C1/C=CCO1. The average molecular weight is 98.1 g/mol. The summed E-state index contributed by atoms with van der Waals surface area (Å²) < 4.78 is 4.80. The summed E-state index contributed by atoms with van der Waals surface area (Å²) in [5.74, 6) is 0.542. The van der Waals surface area contributed by atoms with Gasteiger partial charge in [-0.3, -0.25) is 0 Å². The Kier molecular flexibility index (Phi) is 1.02. The molecule has 0 spiro atoms. The second-order valence-corrected chi connectivity index (χ2v) is 1.24. The molecule has 0 saturated carbocycles. The lowest BCUT2D eigenvalue weighted by Gasteiger charge is -1.90. The Bertz CT molecular complexity index is 110. The quantitative estimate of drug-likeness (QED) is 0.457. The van der Waals surface area contributed by atoms with E-state index in [1.807, 2.05) is 6.08 Å². The molecule has 1 aliphatic heterocycles. The van der Waals surface area contributed by atoms with Crippen LogP contribution in [0.1, 0.15) is 0 Å². The summed E-state index contributed by atoms with van der Waals surface area (Å²) in [5.41, 5.74) is 0. The van der Waals surface area contributed by atoms with Crippen molar-refractivity contribution in [3.05, 3.63) is 24.2 Å². The van der Waals surface area contributed by atoms with Gasteiger partial charge in [0, 0.05) is 0 Å². The van der Waals surface area contributed by atoms with Crippen LogP contribution in [0.4, 0.5) is 0 Å². The minimum absolute atomic E-state index is 0.542. The van der Waals surface area contributed by atoms with Crippen molar-refractivity contribution in [2.24, 2.45) is 0 Å². The second kappa shape index (κ2) is 1.69. The maximum atomic E-state index is 8.23. The van der Waals surface area contributed by atoms with E-state index in [1.54, 1.807) is 6.08 Å². The van der Waals surface area contributed by atoms with Gasteiger partial charge in [0.15, 0.2) is 5.76 Å². The summed E-state index contributed by atoms with van der Waals surface area (Å²) in [6.45, 7) is 0.590. The van der Waals surface area contributed by atoms with Crippen LogP contribution >= 0.6 is 0 Å². The molecule has 1 heterocycles. The van der Waals surface area contributed by atoms with Gasteiger partial charge in [0.25, 0.3) is 0 Å². The Balaban J connectivity index is 2.59. The Hall–Kier alpha value is -0.920. The van der Waals surface area contributed by atoms with Crippen LogP contribution in [-0.2, 0) is 4.74 Å². The Morgan fingerprint density at radius 2 is 2.71 bits per heavy atom. The number of hydrogen-bond acceptors (Lipinski definition) is 2. The fourth-order valence-electron chi connectivity index (χ4n) is 0.437. The van der Waals surface area contributed by atoms with Gasteiger partial charge < -0.3 is 9.84 Å². The zero-order valence-electron chi connectivity index (χ0n) is 3.79.